The molecular weight excluding hydrogens is 156 g/mol. The van der Waals surface area contributed by atoms with E-state index in [0.717, 1.165) is 0 Å². The fraction of sp³-hybridized carbons (Fsp3) is 0.222. The van der Waals surface area contributed by atoms with Crippen molar-refractivity contribution >= 4 is 5.97 Å². The molecule has 0 saturated heterocycles. The van der Waals surface area contributed by atoms with Gasteiger partial charge in [-0.25, -0.2) is 4.79 Å². The lowest BCUT2D eigenvalue weighted by molar-refractivity contribution is -0.144. The van der Waals surface area contributed by atoms with Crippen LogP contribution in [0.3, 0.4) is 0 Å². The van der Waals surface area contributed by atoms with E-state index in [-0.39, 0.29) is 5.57 Å². The molecule has 12 heavy (non-hydrogen) atoms. The van der Waals surface area contributed by atoms with Gasteiger partial charge in [0.1, 0.15) is 0 Å². The van der Waals surface area contributed by atoms with Gasteiger partial charge in [-0.3, -0.25) is 0 Å². The topological polar surface area (TPSA) is 57.5 Å². The minimum atomic E-state index is -1.49. The van der Waals surface area contributed by atoms with Crippen LogP contribution < -0.4 is 0 Å². The van der Waals surface area contributed by atoms with E-state index in [1.54, 1.807) is 19.1 Å². The van der Waals surface area contributed by atoms with Crippen LogP contribution in [0.2, 0.25) is 0 Å². The molecule has 0 fully saturated rings. The summed E-state index contributed by atoms with van der Waals surface area (Å²) in [7, 11) is 0. The second-order valence-corrected chi connectivity index (χ2v) is 2.14. The van der Waals surface area contributed by atoms with Gasteiger partial charge in [0.2, 0.25) is 0 Å². The molecule has 3 nitrogen and oxygen atoms in total. The van der Waals surface area contributed by atoms with Gasteiger partial charge in [-0.2, -0.15) is 0 Å². The molecule has 66 valence electrons. The molecule has 0 aromatic carbocycles. The Morgan fingerprint density at radius 3 is 2.50 bits per heavy atom. The van der Waals surface area contributed by atoms with Crippen LogP contribution in [-0.2, 0) is 4.79 Å². The first-order chi connectivity index (χ1) is 5.63. The number of carboxylic acids is 1. The van der Waals surface area contributed by atoms with Crippen molar-refractivity contribution in [3.8, 4) is 0 Å². The van der Waals surface area contributed by atoms with E-state index in [2.05, 4.69) is 6.58 Å². The van der Waals surface area contributed by atoms with Gasteiger partial charge in [-0.15, -0.1) is 0 Å². The molecule has 3 heteroatoms. The summed E-state index contributed by atoms with van der Waals surface area (Å²) in [5.74, 6) is -1.27. The van der Waals surface area contributed by atoms with Gasteiger partial charge >= 0.3 is 5.97 Å². The zero-order valence-electron chi connectivity index (χ0n) is 6.90. The Labute approximate surface area is 71.3 Å². The summed E-state index contributed by atoms with van der Waals surface area (Å²) < 4.78 is 0. The van der Waals surface area contributed by atoms with Crippen LogP contribution in [-0.4, -0.2) is 22.3 Å². The van der Waals surface area contributed by atoms with Gasteiger partial charge in [0.05, 0.1) is 0 Å². The monoisotopic (exact) mass is 168 g/mol. The quantitative estimate of drug-likeness (QED) is 0.618. The smallest absolute Gasteiger partial charge is 0.337 e. The number of rotatable bonds is 4. The number of carboxylic acid groups (broad SMARTS) is 1. The number of aliphatic carboxylic acids is 1. The maximum absolute atomic E-state index is 10.3. The van der Waals surface area contributed by atoms with Crippen LogP contribution in [0.15, 0.2) is 36.5 Å². The first kappa shape index (κ1) is 10.7. The van der Waals surface area contributed by atoms with E-state index < -0.39 is 12.1 Å². The third kappa shape index (κ3) is 3.16. The Kier molecular flexibility index (Phi) is 4.72. The highest BCUT2D eigenvalue weighted by Gasteiger charge is 2.14. The first-order valence-corrected chi connectivity index (χ1v) is 3.49. The van der Waals surface area contributed by atoms with Crippen LogP contribution in [0.5, 0.6) is 0 Å². The second kappa shape index (κ2) is 5.32. The maximum Gasteiger partial charge on any atom is 0.337 e. The molecular formula is C9H12O3. The van der Waals surface area contributed by atoms with Crippen molar-refractivity contribution in [2.45, 2.75) is 13.0 Å². The summed E-state index contributed by atoms with van der Waals surface area (Å²) in [6.45, 7) is 5.19. The number of aliphatic hydroxyl groups is 1. The highest BCUT2D eigenvalue weighted by Crippen LogP contribution is 2.03. The molecule has 0 aromatic rings. The summed E-state index contributed by atoms with van der Waals surface area (Å²) in [6, 6.07) is 0. The van der Waals surface area contributed by atoms with Gasteiger partial charge in [-0.05, 0) is 12.5 Å². The fourth-order valence-corrected chi connectivity index (χ4v) is 0.621. The van der Waals surface area contributed by atoms with E-state index in [1.807, 2.05) is 0 Å². The zero-order valence-corrected chi connectivity index (χ0v) is 6.90. The standard InChI is InChI=1S/C9H12O3/c1-3-5-6-7(4-2)8(10)9(11)12/h3-6,8,10H,2H2,1H3,(H,11,12)/b5-3-,7-6+/t8-/m1/s1. The van der Waals surface area contributed by atoms with Crippen molar-refractivity contribution in [2.75, 3.05) is 0 Å². The van der Waals surface area contributed by atoms with Crippen LogP contribution in [0, 0.1) is 0 Å². The van der Waals surface area contributed by atoms with Crippen molar-refractivity contribution < 1.29 is 15.0 Å². The molecule has 0 heterocycles. The van der Waals surface area contributed by atoms with Gasteiger partial charge < -0.3 is 10.2 Å². The van der Waals surface area contributed by atoms with Gasteiger partial charge in [0.25, 0.3) is 0 Å². The van der Waals surface area contributed by atoms with Gasteiger partial charge in [0.15, 0.2) is 6.10 Å². The van der Waals surface area contributed by atoms with Gasteiger partial charge in [-0.1, -0.05) is 30.9 Å². The van der Waals surface area contributed by atoms with E-state index in [0.29, 0.717) is 0 Å². The number of carbonyl (C=O) groups is 1. The molecule has 0 aliphatic rings. The van der Waals surface area contributed by atoms with Crippen LogP contribution in [0.4, 0.5) is 0 Å². The predicted molar refractivity (Wildman–Crippen MR) is 46.7 cm³/mol. The average Bonchev–Trinajstić information content (AvgIpc) is 2.05. The van der Waals surface area contributed by atoms with Crippen molar-refractivity contribution in [1.29, 1.82) is 0 Å². The second-order valence-electron chi connectivity index (χ2n) is 2.14. The minimum Gasteiger partial charge on any atom is -0.479 e. The Morgan fingerprint density at radius 1 is 1.58 bits per heavy atom. The van der Waals surface area contributed by atoms with Crippen molar-refractivity contribution in [1.82, 2.24) is 0 Å². The number of aliphatic hydroxyl groups excluding tert-OH is 1. The third-order valence-corrected chi connectivity index (χ3v) is 1.27. The molecule has 0 unspecified atom stereocenters. The average molecular weight is 168 g/mol. The lowest BCUT2D eigenvalue weighted by atomic mass is 10.1. The number of allylic oxidation sites excluding steroid dienone is 3. The number of hydrogen-bond donors (Lipinski definition) is 2. The Balaban J connectivity index is 4.54. The van der Waals surface area contributed by atoms with Crippen LogP contribution in [0.1, 0.15) is 6.92 Å². The molecule has 0 radical (unpaired) electrons. The van der Waals surface area contributed by atoms with E-state index in [4.69, 9.17) is 10.2 Å². The molecule has 0 spiro atoms. The minimum absolute atomic E-state index is 0.278. The first-order valence-electron chi connectivity index (χ1n) is 3.49. The highest BCUT2D eigenvalue weighted by atomic mass is 16.4. The molecule has 0 amide bonds. The zero-order chi connectivity index (χ0) is 9.56. The fourth-order valence-electron chi connectivity index (χ4n) is 0.621. The Hall–Kier alpha value is -1.35. The lowest BCUT2D eigenvalue weighted by Gasteiger charge is -2.04. The highest BCUT2D eigenvalue weighted by molar-refractivity contribution is 5.76. The van der Waals surface area contributed by atoms with E-state index in [1.165, 1.54) is 12.2 Å². The predicted octanol–water partition coefficient (Wildman–Crippen LogP) is 1.12. The summed E-state index contributed by atoms with van der Waals surface area (Å²) in [5.41, 5.74) is 0.278. The van der Waals surface area contributed by atoms with Crippen molar-refractivity contribution in [2.24, 2.45) is 0 Å². The normalized spacial score (nSPS) is 14.7. The molecule has 0 aliphatic carbocycles. The SMILES string of the molecule is C=C/C(=C\C=C/C)[C@@H](O)C(=O)O. The maximum atomic E-state index is 10.3. The van der Waals surface area contributed by atoms with Crippen LogP contribution in [0.25, 0.3) is 0 Å². The molecule has 0 saturated carbocycles. The Bertz CT molecular complexity index is 226. The summed E-state index contributed by atoms with van der Waals surface area (Å²) in [5, 5.41) is 17.5. The molecule has 1 atom stereocenters. The third-order valence-electron chi connectivity index (χ3n) is 1.27. The molecule has 0 aliphatic heterocycles. The molecule has 0 aromatic heterocycles. The van der Waals surface area contributed by atoms with Crippen molar-refractivity contribution in [3.63, 3.8) is 0 Å². The van der Waals surface area contributed by atoms with E-state index in [9.17, 15) is 4.79 Å². The summed E-state index contributed by atoms with van der Waals surface area (Å²) >= 11 is 0. The lowest BCUT2D eigenvalue weighted by Crippen LogP contribution is -2.20. The van der Waals surface area contributed by atoms with Crippen LogP contribution >= 0.6 is 0 Å². The summed E-state index contributed by atoms with van der Waals surface area (Å²) in [4.78, 5) is 10.3. The largest absolute Gasteiger partial charge is 0.479 e. The summed E-state index contributed by atoms with van der Waals surface area (Å²) in [6.07, 6.45) is 4.71. The molecule has 0 bridgehead atoms. The number of hydrogen-bond acceptors (Lipinski definition) is 2. The molecule has 2 N–H and O–H groups in total. The Morgan fingerprint density at radius 2 is 2.17 bits per heavy atom. The van der Waals surface area contributed by atoms with Gasteiger partial charge in [0, 0.05) is 0 Å². The van der Waals surface area contributed by atoms with E-state index >= 15 is 0 Å². The van der Waals surface area contributed by atoms with Crippen molar-refractivity contribution in [3.05, 3.63) is 36.5 Å². The molecule has 0 rings (SSSR count).